The van der Waals surface area contributed by atoms with Crippen molar-refractivity contribution in [3.8, 4) is 0 Å². The summed E-state index contributed by atoms with van der Waals surface area (Å²) in [7, 11) is 0. The predicted molar refractivity (Wildman–Crippen MR) is 139 cm³/mol. The SMILES string of the molecule is CCN(CC)C(=O)c1ccc(C(c2cccc(NC(=O)O)c2)N2CCN(Cc3ccco3)CC2)cc1. The summed E-state index contributed by atoms with van der Waals surface area (Å²) in [6.45, 7) is 9.57. The number of carbonyl (C=O) groups is 2. The maximum atomic E-state index is 12.8. The van der Waals surface area contributed by atoms with Gasteiger partial charge in [-0.05, 0) is 61.4 Å². The van der Waals surface area contributed by atoms with E-state index < -0.39 is 6.09 Å². The van der Waals surface area contributed by atoms with Gasteiger partial charge in [-0.25, -0.2) is 4.79 Å². The fourth-order valence-corrected chi connectivity index (χ4v) is 4.83. The highest BCUT2D eigenvalue weighted by Crippen LogP contribution is 2.32. The van der Waals surface area contributed by atoms with E-state index in [1.807, 2.05) is 73.3 Å². The standard InChI is InChI=1S/C28H34N4O4/c1-3-31(4-2)27(33)22-12-10-21(11-13-22)26(23-7-5-8-24(19-23)29-28(34)35)32-16-14-30(15-17-32)20-25-9-6-18-36-25/h5-13,18-19,26,29H,3-4,14-17,20H2,1-2H3,(H,34,35). The van der Waals surface area contributed by atoms with E-state index >= 15 is 0 Å². The molecule has 8 nitrogen and oxygen atoms in total. The minimum atomic E-state index is -1.09. The van der Waals surface area contributed by atoms with Gasteiger partial charge in [-0.3, -0.25) is 19.9 Å². The van der Waals surface area contributed by atoms with Crippen LogP contribution >= 0.6 is 0 Å². The van der Waals surface area contributed by atoms with Crippen molar-refractivity contribution in [2.45, 2.75) is 26.4 Å². The fourth-order valence-electron chi connectivity index (χ4n) is 4.83. The first kappa shape index (κ1) is 25.5. The van der Waals surface area contributed by atoms with Crippen LogP contribution in [-0.4, -0.2) is 71.1 Å². The van der Waals surface area contributed by atoms with Gasteiger partial charge >= 0.3 is 6.09 Å². The molecule has 0 bridgehead atoms. The number of amides is 2. The lowest BCUT2D eigenvalue weighted by atomic mass is 9.95. The van der Waals surface area contributed by atoms with Crippen LogP contribution in [0.25, 0.3) is 0 Å². The van der Waals surface area contributed by atoms with Gasteiger partial charge in [0.05, 0.1) is 18.8 Å². The second kappa shape index (κ2) is 11.9. The van der Waals surface area contributed by atoms with Crippen molar-refractivity contribution in [1.82, 2.24) is 14.7 Å². The molecule has 1 atom stereocenters. The number of hydrogen-bond donors (Lipinski definition) is 2. The second-order valence-electron chi connectivity index (χ2n) is 8.95. The molecule has 190 valence electrons. The van der Waals surface area contributed by atoms with Crippen LogP contribution in [-0.2, 0) is 6.54 Å². The highest BCUT2D eigenvalue weighted by molar-refractivity contribution is 5.94. The molecule has 3 aromatic rings. The van der Waals surface area contributed by atoms with E-state index in [-0.39, 0.29) is 11.9 Å². The number of nitrogens with one attached hydrogen (secondary N) is 1. The van der Waals surface area contributed by atoms with Crippen LogP contribution in [0, 0.1) is 0 Å². The topological polar surface area (TPSA) is 89.3 Å². The largest absolute Gasteiger partial charge is 0.468 e. The molecule has 1 saturated heterocycles. The smallest absolute Gasteiger partial charge is 0.409 e. The van der Waals surface area contributed by atoms with Gasteiger partial charge in [0.1, 0.15) is 5.76 Å². The number of anilines is 1. The van der Waals surface area contributed by atoms with Crippen LogP contribution in [0.5, 0.6) is 0 Å². The van der Waals surface area contributed by atoms with Gasteiger partial charge < -0.3 is 14.4 Å². The Morgan fingerprint density at radius 3 is 2.31 bits per heavy atom. The third kappa shape index (κ3) is 6.13. The first-order valence-electron chi connectivity index (χ1n) is 12.5. The van der Waals surface area contributed by atoms with Crippen LogP contribution in [0.4, 0.5) is 10.5 Å². The van der Waals surface area contributed by atoms with Crippen LogP contribution in [0.1, 0.15) is 47.1 Å². The second-order valence-corrected chi connectivity index (χ2v) is 8.95. The Morgan fingerprint density at radius 1 is 0.972 bits per heavy atom. The summed E-state index contributed by atoms with van der Waals surface area (Å²) in [5, 5.41) is 11.7. The predicted octanol–water partition coefficient (Wildman–Crippen LogP) is 4.76. The van der Waals surface area contributed by atoms with E-state index in [2.05, 4.69) is 15.1 Å². The Kier molecular flexibility index (Phi) is 8.40. The molecule has 2 N–H and O–H groups in total. The molecule has 0 spiro atoms. The zero-order chi connectivity index (χ0) is 25.5. The lowest BCUT2D eigenvalue weighted by Gasteiger charge is -2.39. The van der Waals surface area contributed by atoms with Crippen LogP contribution in [0.15, 0.2) is 71.3 Å². The van der Waals surface area contributed by atoms with Gasteiger partial charge in [-0.2, -0.15) is 0 Å². The number of hydrogen-bond acceptors (Lipinski definition) is 5. The summed E-state index contributed by atoms with van der Waals surface area (Å²) in [4.78, 5) is 30.6. The Bertz CT molecular complexity index is 1130. The summed E-state index contributed by atoms with van der Waals surface area (Å²) in [6.07, 6.45) is 0.614. The molecular formula is C28H34N4O4. The van der Waals surface area contributed by atoms with Gasteiger partial charge in [0.15, 0.2) is 0 Å². The molecular weight excluding hydrogens is 456 g/mol. The summed E-state index contributed by atoms with van der Waals surface area (Å²) < 4.78 is 5.52. The average Bonchev–Trinajstić information content (AvgIpc) is 3.39. The molecule has 8 heteroatoms. The Balaban J connectivity index is 1.58. The molecule has 4 rings (SSSR count). The Morgan fingerprint density at radius 2 is 1.69 bits per heavy atom. The number of piperazine rings is 1. The number of furan rings is 1. The van der Waals surface area contributed by atoms with Crippen molar-refractivity contribution in [3.05, 3.63) is 89.4 Å². The van der Waals surface area contributed by atoms with Crippen molar-refractivity contribution in [2.75, 3.05) is 44.6 Å². The minimum Gasteiger partial charge on any atom is -0.468 e. The van der Waals surface area contributed by atoms with E-state index in [4.69, 9.17) is 4.42 Å². The normalized spacial score (nSPS) is 15.4. The third-order valence-corrected chi connectivity index (χ3v) is 6.71. The lowest BCUT2D eigenvalue weighted by molar-refractivity contribution is 0.0772. The van der Waals surface area contributed by atoms with Crippen LogP contribution in [0.2, 0.25) is 0 Å². The molecule has 0 aliphatic carbocycles. The maximum Gasteiger partial charge on any atom is 0.409 e. The first-order chi connectivity index (χ1) is 17.5. The van der Waals surface area contributed by atoms with Crippen LogP contribution < -0.4 is 5.32 Å². The van der Waals surface area contributed by atoms with E-state index in [0.717, 1.165) is 49.6 Å². The number of benzene rings is 2. The average molecular weight is 491 g/mol. The van der Waals surface area contributed by atoms with E-state index in [1.165, 1.54) is 0 Å². The summed E-state index contributed by atoms with van der Waals surface area (Å²) in [6, 6.07) is 19.2. The van der Waals surface area contributed by atoms with Gasteiger partial charge in [0.2, 0.25) is 0 Å². The van der Waals surface area contributed by atoms with Crippen molar-refractivity contribution in [2.24, 2.45) is 0 Å². The zero-order valence-corrected chi connectivity index (χ0v) is 20.9. The van der Waals surface area contributed by atoms with Crippen molar-refractivity contribution in [1.29, 1.82) is 0 Å². The number of rotatable bonds is 9. The third-order valence-electron chi connectivity index (χ3n) is 6.71. The fraction of sp³-hybridized carbons (Fsp3) is 0.357. The van der Waals surface area contributed by atoms with Gasteiger partial charge in [0, 0.05) is 50.5 Å². The van der Waals surface area contributed by atoms with Gasteiger partial charge in [-0.15, -0.1) is 0 Å². The monoisotopic (exact) mass is 490 g/mol. The molecule has 36 heavy (non-hydrogen) atoms. The minimum absolute atomic E-state index is 0.0299. The molecule has 1 fully saturated rings. The van der Waals surface area contributed by atoms with Crippen LogP contribution in [0.3, 0.4) is 0 Å². The van der Waals surface area contributed by atoms with Crippen molar-refractivity contribution >= 4 is 17.7 Å². The summed E-state index contributed by atoms with van der Waals surface area (Å²) in [5.41, 5.74) is 3.28. The quantitative estimate of drug-likeness (QED) is 0.450. The Labute approximate surface area is 212 Å². The molecule has 1 aliphatic rings. The maximum absolute atomic E-state index is 12.8. The van der Waals surface area contributed by atoms with E-state index in [9.17, 15) is 14.7 Å². The molecule has 1 aliphatic heterocycles. The van der Waals surface area contributed by atoms with Crippen molar-refractivity contribution < 1.29 is 19.1 Å². The molecule has 2 amide bonds. The number of nitrogens with zero attached hydrogens (tertiary/aromatic N) is 3. The van der Waals surface area contributed by atoms with Gasteiger partial charge in [0.25, 0.3) is 5.91 Å². The molecule has 0 radical (unpaired) electrons. The van der Waals surface area contributed by atoms with Crippen molar-refractivity contribution in [3.63, 3.8) is 0 Å². The molecule has 1 unspecified atom stereocenters. The van der Waals surface area contributed by atoms with E-state index in [1.54, 1.807) is 12.3 Å². The summed E-state index contributed by atoms with van der Waals surface area (Å²) in [5.74, 6) is 0.989. The Hall–Kier alpha value is -3.62. The lowest BCUT2D eigenvalue weighted by Crippen LogP contribution is -2.47. The molecule has 2 heterocycles. The zero-order valence-electron chi connectivity index (χ0n) is 20.9. The van der Waals surface area contributed by atoms with E-state index in [0.29, 0.717) is 24.3 Å². The highest BCUT2D eigenvalue weighted by atomic mass is 16.4. The van der Waals surface area contributed by atoms with Gasteiger partial charge in [-0.1, -0.05) is 24.3 Å². The highest BCUT2D eigenvalue weighted by Gasteiger charge is 2.27. The number of carboxylic acid groups (broad SMARTS) is 1. The summed E-state index contributed by atoms with van der Waals surface area (Å²) >= 11 is 0. The molecule has 2 aromatic carbocycles. The first-order valence-corrected chi connectivity index (χ1v) is 12.5. The molecule has 0 saturated carbocycles. The molecule has 1 aromatic heterocycles. The number of carbonyl (C=O) groups excluding carboxylic acids is 1.